The van der Waals surface area contributed by atoms with Crippen molar-refractivity contribution in [3.63, 3.8) is 0 Å². The Kier molecular flexibility index (Phi) is 5.81. The van der Waals surface area contributed by atoms with Crippen LogP contribution < -0.4 is 5.32 Å². The summed E-state index contributed by atoms with van der Waals surface area (Å²) in [6.45, 7) is 0.653. The van der Waals surface area contributed by atoms with E-state index < -0.39 is 6.09 Å². The summed E-state index contributed by atoms with van der Waals surface area (Å²) in [6, 6.07) is 22.8. The number of carbonyl (C=O) groups excluding carboxylic acids is 1. The molecule has 0 bridgehead atoms. The molecule has 168 valence electrons. The lowest BCUT2D eigenvalue weighted by molar-refractivity contribution is 0.102. The van der Waals surface area contributed by atoms with Crippen LogP contribution in [0.2, 0.25) is 5.02 Å². The Balaban J connectivity index is 1.20. The zero-order valence-electron chi connectivity index (χ0n) is 18.1. The molecular weight excluding hydrogens is 436 g/mol. The first-order valence-electron chi connectivity index (χ1n) is 11.3. The summed E-state index contributed by atoms with van der Waals surface area (Å²) in [6.07, 6.45) is 2.32. The van der Waals surface area contributed by atoms with E-state index in [2.05, 4.69) is 5.32 Å². The van der Waals surface area contributed by atoms with E-state index in [0.29, 0.717) is 28.7 Å². The van der Waals surface area contributed by atoms with Gasteiger partial charge in [0.2, 0.25) is 0 Å². The van der Waals surface area contributed by atoms with Crippen LogP contribution in [-0.2, 0) is 0 Å². The first kappa shape index (κ1) is 21.5. The van der Waals surface area contributed by atoms with Gasteiger partial charge in [-0.2, -0.15) is 0 Å². The Labute approximate surface area is 198 Å². The standard InChI is InChI=1S/C27H25ClN2O3/c28-24-4-2-1-3-22(24)18-7-9-20(10-8-18)26(31)29-21-13-11-19(12-14-21)23-15-25(23)30(27(32)33)16-17-5-6-17/h1-4,7-14,17,23,25H,5-6,15-16H2,(H,29,31)(H,32,33). The Morgan fingerprint density at radius 3 is 2.30 bits per heavy atom. The fourth-order valence-electron chi connectivity index (χ4n) is 4.33. The number of hydrogen-bond acceptors (Lipinski definition) is 2. The van der Waals surface area contributed by atoms with Gasteiger partial charge in [0, 0.05) is 40.3 Å². The van der Waals surface area contributed by atoms with Crippen LogP contribution in [0, 0.1) is 5.92 Å². The summed E-state index contributed by atoms with van der Waals surface area (Å²) < 4.78 is 0. The van der Waals surface area contributed by atoms with Gasteiger partial charge >= 0.3 is 6.09 Å². The lowest BCUT2D eigenvalue weighted by Crippen LogP contribution is -2.34. The maximum atomic E-state index is 12.7. The summed E-state index contributed by atoms with van der Waals surface area (Å²) in [5.74, 6) is 0.597. The van der Waals surface area contributed by atoms with Crippen LogP contribution in [-0.4, -0.2) is 34.6 Å². The Morgan fingerprint density at radius 1 is 0.970 bits per heavy atom. The Morgan fingerprint density at radius 2 is 1.67 bits per heavy atom. The molecule has 0 aliphatic heterocycles. The average Bonchev–Trinajstić information content (AvgIpc) is 3.74. The van der Waals surface area contributed by atoms with Crippen LogP contribution in [0.1, 0.15) is 41.1 Å². The number of hydrogen-bond donors (Lipinski definition) is 2. The summed E-state index contributed by atoms with van der Waals surface area (Å²) >= 11 is 6.26. The van der Waals surface area contributed by atoms with E-state index in [1.165, 1.54) is 0 Å². The maximum Gasteiger partial charge on any atom is 0.407 e. The second-order valence-corrected chi connectivity index (χ2v) is 9.33. The van der Waals surface area contributed by atoms with Crippen molar-refractivity contribution in [2.24, 2.45) is 5.92 Å². The first-order valence-corrected chi connectivity index (χ1v) is 11.6. The van der Waals surface area contributed by atoms with Gasteiger partial charge in [0.1, 0.15) is 0 Å². The lowest BCUT2D eigenvalue weighted by atomic mass is 10.0. The fourth-order valence-corrected chi connectivity index (χ4v) is 4.58. The topological polar surface area (TPSA) is 69.6 Å². The highest BCUT2D eigenvalue weighted by molar-refractivity contribution is 6.33. The highest BCUT2D eigenvalue weighted by Gasteiger charge is 2.46. The lowest BCUT2D eigenvalue weighted by Gasteiger charge is -2.19. The van der Waals surface area contributed by atoms with Gasteiger partial charge in [0.05, 0.1) is 0 Å². The summed E-state index contributed by atoms with van der Waals surface area (Å²) in [4.78, 5) is 25.9. The van der Waals surface area contributed by atoms with Crippen molar-refractivity contribution < 1.29 is 14.7 Å². The third-order valence-electron chi connectivity index (χ3n) is 6.48. The third-order valence-corrected chi connectivity index (χ3v) is 6.81. The minimum Gasteiger partial charge on any atom is -0.465 e. The van der Waals surface area contributed by atoms with Crippen LogP contribution in [0.3, 0.4) is 0 Å². The molecule has 33 heavy (non-hydrogen) atoms. The molecule has 0 spiro atoms. The van der Waals surface area contributed by atoms with Crippen molar-refractivity contribution in [3.8, 4) is 11.1 Å². The van der Waals surface area contributed by atoms with Gasteiger partial charge in [-0.05, 0) is 66.6 Å². The summed E-state index contributed by atoms with van der Waals surface area (Å²) in [7, 11) is 0. The van der Waals surface area contributed by atoms with Crippen molar-refractivity contribution in [1.29, 1.82) is 0 Å². The molecule has 0 radical (unpaired) electrons. The molecule has 6 heteroatoms. The highest BCUT2D eigenvalue weighted by atomic mass is 35.5. The van der Waals surface area contributed by atoms with Crippen LogP contribution in [0.15, 0.2) is 72.8 Å². The highest BCUT2D eigenvalue weighted by Crippen LogP contribution is 2.46. The number of amides is 2. The number of rotatable bonds is 7. The second-order valence-electron chi connectivity index (χ2n) is 8.92. The number of carbonyl (C=O) groups is 2. The predicted molar refractivity (Wildman–Crippen MR) is 130 cm³/mol. The molecule has 2 aliphatic rings. The monoisotopic (exact) mass is 460 g/mol. The molecule has 2 aliphatic carbocycles. The maximum absolute atomic E-state index is 12.7. The normalized spacial score (nSPS) is 19.1. The molecule has 2 saturated carbocycles. The molecule has 5 nitrogen and oxygen atoms in total. The van der Waals surface area contributed by atoms with Gasteiger partial charge in [-0.15, -0.1) is 0 Å². The van der Waals surface area contributed by atoms with Crippen molar-refractivity contribution >= 4 is 29.3 Å². The van der Waals surface area contributed by atoms with Crippen molar-refractivity contribution in [2.75, 3.05) is 11.9 Å². The van der Waals surface area contributed by atoms with Crippen molar-refractivity contribution in [2.45, 2.75) is 31.2 Å². The molecule has 3 aromatic carbocycles. The van der Waals surface area contributed by atoms with E-state index >= 15 is 0 Å². The minimum absolute atomic E-state index is 0.0696. The number of halogens is 1. The van der Waals surface area contributed by atoms with E-state index in [4.69, 9.17) is 11.6 Å². The predicted octanol–water partition coefficient (Wildman–Crippen LogP) is 6.51. The fraction of sp³-hybridized carbons (Fsp3) is 0.259. The first-order chi connectivity index (χ1) is 16.0. The average molecular weight is 461 g/mol. The molecule has 2 fully saturated rings. The molecule has 0 aromatic heterocycles. The molecular formula is C27H25ClN2O3. The van der Waals surface area contributed by atoms with Crippen molar-refractivity contribution in [1.82, 2.24) is 4.90 Å². The van der Waals surface area contributed by atoms with E-state index in [-0.39, 0.29) is 17.9 Å². The molecule has 5 rings (SSSR count). The number of anilines is 1. The Hall–Kier alpha value is -3.31. The number of nitrogens with one attached hydrogen (secondary N) is 1. The molecule has 2 atom stereocenters. The van der Waals surface area contributed by atoms with E-state index in [9.17, 15) is 14.7 Å². The Bertz CT molecular complexity index is 1170. The van der Waals surface area contributed by atoms with E-state index in [1.807, 2.05) is 60.7 Å². The van der Waals surface area contributed by atoms with Crippen molar-refractivity contribution in [3.05, 3.63) is 88.9 Å². The number of nitrogens with zero attached hydrogens (tertiary/aromatic N) is 1. The molecule has 3 aromatic rings. The molecule has 0 saturated heterocycles. The van der Waals surface area contributed by atoms with Crippen LogP contribution >= 0.6 is 11.6 Å². The third kappa shape index (κ3) is 4.88. The molecule has 0 heterocycles. The SMILES string of the molecule is O=C(Nc1ccc(C2CC2N(CC2CC2)C(=O)O)cc1)c1ccc(-c2ccccc2Cl)cc1. The van der Waals surface area contributed by atoms with Gasteiger partial charge in [-0.25, -0.2) is 4.79 Å². The smallest absolute Gasteiger partial charge is 0.407 e. The number of benzene rings is 3. The van der Waals surface area contributed by atoms with Crippen LogP contribution in [0.4, 0.5) is 10.5 Å². The van der Waals surface area contributed by atoms with Crippen LogP contribution in [0.5, 0.6) is 0 Å². The van der Waals surface area contributed by atoms with Gasteiger partial charge in [0.25, 0.3) is 5.91 Å². The summed E-state index contributed by atoms with van der Waals surface area (Å²) in [5.41, 5.74) is 4.28. The quantitative estimate of drug-likeness (QED) is 0.422. The zero-order valence-corrected chi connectivity index (χ0v) is 18.8. The zero-order chi connectivity index (χ0) is 22.9. The number of carboxylic acid groups (broad SMARTS) is 1. The largest absolute Gasteiger partial charge is 0.465 e. The van der Waals surface area contributed by atoms with Gasteiger partial charge in [0.15, 0.2) is 0 Å². The van der Waals surface area contributed by atoms with Gasteiger partial charge in [-0.1, -0.05) is 54.1 Å². The summed E-state index contributed by atoms with van der Waals surface area (Å²) in [5, 5.41) is 13.1. The van der Waals surface area contributed by atoms with E-state index in [0.717, 1.165) is 36.0 Å². The molecule has 2 unspecified atom stereocenters. The van der Waals surface area contributed by atoms with Gasteiger partial charge < -0.3 is 15.3 Å². The molecule has 2 N–H and O–H groups in total. The van der Waals surface area contributed by atoms with E-state index in [1.54, 1.807) is 17.0 Å². The van der Waals surface area contributed by atoms with Crippen LogP contribution in [0.25, 0.3) is 11.1 Å². The second kappa shape index (κ2) is 8.91. The van der Waals surface area contributed by atoms with Gasteiger partial charge in [-0.3, -0.25) is 4.79 Å². The molecule has 2 amide bonds. The minimum atomic E-state index is -0.821.